The molecule has 0 bridgehead atoms. The number of nitrogen functional groups attached to an aromatic ring is 1. The third kappa shape index (κ3) is 5.67. The zero-order valence-electron chi connectivity index (χ0n) is 19.1. The van der Waals surface area contributed by atoms with Crippen molar-refractivity contribution in [3.05, 3.63) is 77.2 Å². The maximum Gasteiger partial charge on any atom is 0.191 e. The molecule has 0 spiro atoms. The molecule has 0 radical (unpaired) electrons. The summed E-state index contributed by atoms with van der Waals surface area (Å²) in [7, 11) is 1.73. The second-order valence-electron chi connectivity index (χ2n) is 8.31. The number of halogens is 2. The summed E-state index contributed by atoms with van der Waals surface area (Å²) in [6.07, 6.45) is 3.44. The molecule has 4 rings (SSSR count). The molecule has 4 N–H and O–H groups in total. The van der Waals surface area contributed by atoms with Crippen molar-refractivity contribution in [2.75, 3.05) is 25.9 Å². The lowest BCUT2D eigenvalue weighted by atomic mass is 9.96. The number of nitrogens with two attached hydrogens (primary N) is 1. The van der Waals surface area contributed by atoms with Gasteiger partial charge in [-0.1, -0.05) is 30.3 Å². The van der Waals surface area contributed by atoms with Gasteiger partial charge in [0.1, 0.15) is 23.3 Å². The predicted molar refractivity (Wildman–Crippen MR) is 143 cm³/mol. The first-order chi connectivity index (χ1) is 16.1. The van der Waals surface area contributed by atoms with Crippen LogP contribution in [-0.2, 0) is 11.8 Å². The minimum atomic E-state index is -0.201. The number of benzene rings is 2. The molecule has 1 saturated carbocycles. The van der Waals surface area contributed by atoms with Gasteiger partial charge in [-0.15, -0.1) is 24.0 Å². The van der Waals surface area contributed by atoms with Gasteiger partial charge in [0.25, 0.3) is 0 Å². The molecule has 178 valence electrons. The number of nitriles is 1. The molecule has 0 unspecified atom stereocenters. The lowest BCUT2D eigenvalue weighted by molar-refractivity contribution is 0.606. The molecule has 3 aromatic rings. The van der Waals surface area contributed by atoms with E-state index in [0.717, 1.165) is 30.5 Å². The van der Waals surface area contributed by atoms with Crippen molar-refractivity contribution in [1.29, 1.82) is 5.26 Å². The fourth-order valence-corrected chi connectivity index (χ4v) is 4.01. The molecule has 34 heavy (non-hydrogen) atoms. The zero-order chi connectivity index (χ0) is 23.3. The van der Waals surface area contributed by atoms with Gasteiger partial charge in [-0.25, -0.2) is 9.07 Å². The quantitative estimate of drug-likeness (QED) is 0.164. The number of rotatable bonds is 8. The van der Waals surface area contributed by atoms with E-state index in [9.17, 15) is 9.65 Å². The molecular formula is C25H29FIN7. The van der Waals surface area contributed by atoms with E-state index in [1.54, 1.807) is 23.9 Å². The first-order valence-electron chi connectivity index (χ1n) is 11.1. The number of hydrogen-bond acceptors (Lipinski definition) is 4. The SMILES string of the molecule is CN=C(NCCCc1nn(-c2ccccc2)c(N)c1C#N)NCC1(c2cccc(F)c2)CC1.I. The highest BCUT2D eigenvalue weighted by Crippen LogP contribution is 2.47. The highest BCUT2D eigenvalue weighted by Gasteiger charge is 2.44. The van der Waals surface area contributed by atoms with E-state index in [-0.39, 0.29) is 35.2 Å². The van der Waals surface area contributed by atoms with Gasteiger partial charge in [0, 0.05) is 25.6 Å². The third-order valence-electron chi connectivity index (χ3n) is 6.10. The summed E-state index contributed by atoms with van der Waals surface area (Å²) in [5, 5.41) is 20.8. The number of aromatic nitrogens is 2. The summed E-state index contributed by atoms with van der Waals surface area (Å²) in [6, 6.07) is 18.6. The topological polar surface area (TPSA) is 104 Å². The molecule has 0 aliphatic heterocycles. The Morgan fingerprint density at radius 2 is 1.97 bits per heavy atom. The van der Waals surface area contributed by atoms with Crippen LogP contribution >= 0.6 is 24.0 Å². The Labute approximate surface area is 216 Å². The number of hydrogen-bond donors (Lipinski definition) is 3. The Kier molecular flexibility index (Phi) is 8.50. The van der Waals surface area contributed by atoms with Crippen LogP contribution in [0.1, 0.15) is 36.1 Å². The number of nitrogens with zero attached hydrogens (tertiary/aromatic N) is 4. The number of anilines is 1. The minimum absolute atomic E-state index is 0. The van der Waals surface area contributed by atoms with Gasteiger partial charge in [-0.2, -0.15) is 10.4 Å². The summed E-state index contributed by atoms with van der Waals surface area (Å²) in [5.41, 5.74) is 9.11. The summed E-state index contributed by atoms with van der Waals surface area (Å²) in [6.45, 7) is 1.36. The molecule has 1 fully saturated rings. The maximum atomic E-state index is 13.6. The van der Waals surface area contributed by atoms with Gasteiger partial charge in [-0.3, -0.25) is 4.99 Å². The highest BCUT2D eigenvalue weighted by atomic mass is 127. The minimum Gasteiger partial charge on any atom is -0.382 e. The molecule has 1 aliphatic rings. The number of nitrogens with one attached hydrogen (secondary N) is 2. The van der Waals surface area contributed by atoms with Crippen molar-refractivity contribution in [3.63, 3.8) is 0 Å². The van der Waals surface area contributed by atoms with Gasteiger partial charge >= 0.3 is 0 Å². The fraction of sp³-hybridized carbons (Fsp3) is 0.320. The summed E-state index contributed by atoms with van der Waals surface area (Å²) < 4.78 is 15.2. The average Bonchev–Trinajstić information content (AvgIpc) is 3.56. The molecule has 9 heteroatoms. The highest BCUT2D eigenvalue weighted by molar-refractivity contribution is 14.0. The predicted octanol–water partition coefficient (Wildman–Crippen LogP) is 3.91. The molecule has 0 amide bonds. The van der Waals surface area contributed by atoms with Crippen molar-refractivity contribution in [2.24, 2.45) is 4.99 Å². The van der Waals surface area contributed by atoms with Crippen LogP contribution in [0.15, 0.2) is 59.6 Å². The summed E-state index contributed by atoms with van der Waals surface area (Å²) in [5.74, 6) is 0.858. The molecule has 1 aromatic heterocycles. The molecule has 7 nitrogen and oxygen atoms in total. The second kappa shape index (κ2) is 11.3. The molecule has 1 aliphatic carbocycles. The van der Waals surface area contributed by atoms with Gasteiger partial charge in [0.2, 0.25) is 0 Å². The molecule has 2 aromatic carbocycles. The van der Waals surface area contributed by atoms with E-state index in [1.165, 1.54) is 6.07 Å². The van der Waals surface area contributed by atoms with Crippen LogP contribution in [0.2, 0.25) is 0 Å². The van der Waals surface area contributed by atoms with Crippen molar-refractivity contribution in [2.45, 2.75) is 31.1 Å². The first-order valence-corrected chi connectivity index (χ1v) is 11.1. The third-order valence-corrected chi connectivity index (χ3v) is 6.10. The van der Waals surface area contributed by atoms with Crippen LogP contribution in [0, 0.1) is 17.1 Å². The van der Waals surface area contributed by atoms with Gasteiger partial charge in [0.05, 0.1) is 11.4 Å². The van der Waals surface area contributed by atoms with Crippen LogP contribution in [0.4, 0.5) is 10.2 Å². The van der Waals surface area contributed by atoms with Crippen molar-refractivity contribution < 1.29 is 4.39 Å². The van der Waals surface area contributed by atoms with E-state index in [4.69, 9.17) is 5.73 Å². The number of aryl methyl sites for hydroxylation is 1. The first kappa shape index (κ1) is 25.5. The smallest absolute Gasteiger partial charge is 0.191 e. The van der Waals surface area contributed by atoms with E-state index in [2.05, 4.69) is 26.8 Å². The lowest BCUT2D eigenvalue weighted by Gasteiger charge is -2.19. The Morgan fingerprint density at radius 1 is 1.21 bits per heavy atom. The van der Waals surface area contributed by atoms with Crippen LogP contribution in [0.3, 0.4) is 0 Å². The van der Waals surface area contributed by atoms with Gasteiger partial charge in [0.15, 0.2) is 5.96 Å². The number of aliphatic imine (C=N–C) groups is 1. The lowest BCUT2D eigenvalue weighted by Crippen LogP contribution is -2.41. The van der Waals surface area contributed by atoms with Gasteiger partial charge in [-0.05, 0) is 55.5 Å². The van der Waals surface area contributed by atoms with Crippen molar-refractivity contribution >= 4 is 35.8 Å². The Hall–Kier alpha value is -3.13. The van der Waals surface area contributed by atoms with Crippen LogP contribution < -0.4 is 16.4 Å². The molecular weight excluding hydrogens is 544 g/mol. The average molecular weight is 573 g/mol. The Bertz CT molecular complexity index is 1180. The monoisotopic (exact) mass is 573 g/mol. The summed E-state index contributed by atoms with van der Waals surface area (Å²) >= 11 is 0. The number of guanidine groups is 1. The summed E-state index contributed by atoms with van der Waals surface area (Å²) in [4.78, 5) is 4.29. The molecule has 0 saturated heterocycles. The Morgan fingerprint density at radius 3 is 2.62 bits per heavy atom. The fourth-order valence-electron chi connectivity index (χ4n) is 4.01. The van der Waals surface area contributed by atoms with Crippen LogP contribution in [0.5, 0.6) is 0 Å². The van der Waals surface area contributed by atoms with Crippen LogP contribution in [-0.4, -0.2) is 35.9 Å². The van der Waals surface area contributed by atoms with Gasteiger partial charge < -0.3 is 16.4 Å². The van der Waals surface area contributed by atoms with E-state index >= 15 is 0 Å². The zero-order valence-corrected chi connectivity index (χ0v) is 21.4. The normalized spacial score (nSPS) is 14.1. The molecule has 0 atom stereocenters. The van der Waals surface area contributed by atoms with Crippen molar-refractivity contribution in [1.82, 2.24) is 20.4 Å². The second-order valence-corrected chi connectivity index (χ2v) is 8.31. The standard InChI is InChI=1S/C25H28FN7.HI/c1-29-24(31-17-25(12-13-25)18-7-5-8-19(26)15-18)30-14-6-11-22-21(16-27)23(28)33(32-22)20-9-3-2-4-10-20;/h2-5,7-10,15H,6,11-14,17,28H2,1H3,(H2,29,30,31);1H. The Balaban J connectivity index is 0.00000324. The maximum absolute atomic E-state index is 13.6. The van der Waals surface area contributed by atoms with E-state index < -0.39 is 0 Å². The van der Waals surface area contributed by atoms with Crippen LogP contribution in [0.25, 0.3) is 5.69 Å². The van der Waals surface area contributed by atoms with Crippen molar-refractivity contribution in [3.8, 4) is 11.8 Å². The van der Waals surface area contributed by atoms with E-state index in [1.807, 2.05) is 36.4 Å². The largest absolute Gasteiger partial charge is 0.382 e. The van der Waals surface area contributed by atoms with E-state index in [0.29, 0.717) is 42.5 Å². The number of para-hydroxylation sites is 1. The molecule has 1 heterocycles.